The van der Waals surface area contributed by atoms with E-state index in [1.165, 1.54) is 6.07 Å². The first-order valence-corrected chi connectivity index (χ1v) is 7.93. The highest BCUT2D eigenvalue weighted by atomic mass is 32.2. The first kappa shape index (κ1) is 14.5. The zero-order chi connectivity index (χ0) is 14.8. The molecule has 0 amide bonds. The van der Waals surface area contributed by atoms with Crippen LogP contribution in [-0.4, -0.2) is 8.42 Å². The molecular formula is C15H16FNO2S. The van der Waals surface area contributed by atoms with Crippen LogP contribution in [0.5, 0.6) is 0 Å². The number of hydrogen-bond acceptors (Lipinski definition) is 3. The number of hydrogen-bond donors (Lipinski definition) is 1. The molecule has 5 heteroatoms. The van der Waals surface area contributed by atoms with Crippen LogP contribution in [-0.2, 0) is 22.0 Å². The molecule has 2 aromatic carbocycles. The van der Waals surface area contributed by atoms with Crippen molar-refractivity contribution in [2.45, 2.75) is 24.0 Å². The highest BCUT2D eigenvalue weighted by Gasteiger charge is 2.19. The Balaban J connectivity index is 2.32. The number of rotatable bonds is 4. The fraction of sp³-hybridized carbons (Fsp3) is 0.200. The molecule has 0 aromatic heterocycles. The molecule has 0 heterocycles. The summed E-state index contributed by atoms with van der Waals surface area (Å²) in [5.41, 5.74) is 7.49. The molecule has 0 atom stereocenters. The van der Waals surface area contributed by atoms with Crippen molar-refractivity contribution < 1.29 is 12.8 Å². The summed E-state index contributed by atoms with van der Waals surface area (Å²) in [6.45, 7) is 2.03. The molecule has 106 valence electrons. The third-order valence-electron chi connectivity index (χ3n) is 3.10. The van der Waals surface area contributed by atoms with Crippen LogP contribution in [0.3, 0.4) is 0 Å². The summed E-state index contributed by atoms with van der Waals surface area (Å²) in [6.07, 6.45) is 0.893. The molecule has 0 unspecified atom stereocenters. The Morgan fingerprint density at radius 1 is 1.05 bits per heavy atom. The van der Waals surface area contributed by atoms with Gasteiger partial charge in [0.2, 0.25) is 0 Å². The summed E-state index contributed by atoms with van der Waals surface area (Å²) in [5.74, 6) is -0.802. The second-order valence-electron chi connectivity index (χ2n) is 4.61. The van der Waals surface area contributed by atoms with Crippen LogP contribution in [0.1, 0.15) is 18.1 Å². The molecule has 0 saturated carbocycles. The van der Waals surface area contributed by atoms with Gasteiger partial charge in [0, 0.05) is 0 Å². The van der Waals surface area contributed by atoms with Gasteiger partial charge in [-0.2, -0.15) is 0 Å². The molecule has 2 rings (SSSR count). The van der Waals surface area contributed by atoms with E-state index < -0.39 is 15.7 Å². The fourth-order valence-corrected chi connectivity index (χ4v) is 3.45. The third kappa shape index (κ3) is 3.17. The number of benzene rings is 2. The summed E-state index contributed by atoms with van der Waals surface area (Å²) in [6, 6.07) is 10.7. The Morgan fingerprint density at radius 3 is 2.25 bits per heavy atom. The van der Waals surface area contributed by atoms with E-state index in [1.807, 2.05) is 19.1 Å². The van der Waals surface area contributed by atoms with Gasteiger partial charge in [0.25, 0.3) is 0 Å². The Bertz CT molecular complexity index is 709. The summed E-state index contributed by atoms with van der Waals surface area (Å²) in [5, 5.41) is 0. The predicted octanol–water partition coefficient (Wildman–Crippen LogP) is 2.94. The van der Waals surface area contributed by atoms with Crippen LogP contribution in [0.2, 0.25) is 0 Å². The molecule has 0 spiro atoms. The summed E-state index contributed by atoms with van der Waals surface area (Å²) >= 11 is 0. The van der Waals surface area contributed by atoms with Gasteiger partial charge in [-0.05, 0) is 35.7 Å². The van der Waals surface area contributed by atoms with Crippen molar-refractivity contribution in [3.05, 3.63) is 59.4 Å². The van der Waals surface area contributed by atoms with Crippen molar-refractivity contribution in [2.75, 3.05) is 5.73 Å². The highest BCUT2D eigenvalue weighted by Crippen LogP contribution is 2.23. The van der Waals surface area contributed by atoms with Crippen molar-refractivity contribution in [3.63, 3.8) is 0 Å². The minimum Gasteiger partial charge on any atom is -0.398 e. The zero-order valence-corrected chi connectivity index (χ0v) is 12.0. The SMILES string of the molecule is CCc1ccc(CS(=O)(=O)c2cc(F)ccc2N)cc1. The smallest absolute Gasteiger partial charge is 0.184 e. The van der Waals surface area contributed by atoms with Crippen LogP contribution in [0, 0.1) is 5.82 Å². The van der Waals surface area contributed by atoms with E-state index in [-0.39, 0.29) is 16.3 Å². The van der Waals surface area contributed by atoms with E-state index in [1.54, 1.807) is 12.1 Å². The molecule has 2 N–H and O–H groups in total. The van der Waals surface area contributed by atoms with Crippen LogP contribution in [0.25, 0.3) is 0 Å². The molecule has 0 aliphatic rings. The van der Waals surface area contributed by atoms with Crippen LogP contribution in [0.15, 0.2) is 47.4 Å². The zero-order valence-electron chi connectivity index (χ0n) is 11.1. The molecule has 0 aliphatic carbocycles. The maximum Gasteiger partial charge on any atom is 0.184 e. The van der Waals surface area contributed by atoms with E-state index in [2.05, 4.69) is 0 Å². The minimum absolute atomic E-state index is 0.0663. The Morgan fingerprint density at radius 2 is 1.65 bits per heavy atom. The summed E-state index contributed by atoms with van der Waals surface area (Å²) in [7, 11) is -3.65. The Kier molecular flexibility index (Phi) is 4.09. The van der Waals surface area contributed by atoms with Gasteiger partial charge in [-0.1, -0.05) is 31.2 Å². The standard InChI is InChI=1S/C15H16FNO2S/c1-2-11-3-5-12(6-4-11)10-20(18,19)15-9-13(16)7-8-14(15)17/h3-9H,2,10,17H2,1H3. The number of halogens is 1. The van der Waals surface area contributed by atoms with E-state index >= 15 is 0 Å². The van der Waals surface area contributed by atoms with Gasteiger partial charge in [0.1, 0.15) is 5.82 Å². The van der Waals surface area contributed by atoms with Gasteiger partial charge in [-0.25, -0.2) is 12.8 Å². The molecular weight excluding hydrogens is 277 g/mol. The van der Waals surface area contributed by atoms with Gasteiger partial charge < -0.3 is 5.73 Å². The molecule has 0 aliphatic heterocycles. The van der Waals surface area contributed by atoms with Crippen molar-refractivity contribution in [1.29, 1.82) is 0 Å². The number of nitrogens with two attached hydrogens (primary N) is 1. The lowest BCUT2D eigenvalue weighted by Crippen LogP contribution is -2.08. The fourth-order valence-electron chi connectivity index (χ4n) is 1.95. The topological polar surface area (TPSA) is 60.2 Å². The van der Waals surface area contributed by atoms with Gasteiger partial charge in [0.05, 0.1) is 16.3 Å². The average Bonchev–Trinajstić information content (AvgIpc) is 2.42. The quantitative estimate of drug-likeness (QED) is 0.882. The first-order chi connectivity index (χ1) is 9.42. The molecule has 2 aromatic rings. The Labute approximate surface area is 118 Å². The van der Waals surface area contributed by atoms with Crippen molar-refractivity contribution in [3.8, 4) is 0 Å². The van der Waals surface area contributed by atoms with Crippen molar-refractivity contribution >= 4 is 15.5 Å². The molecule has 0 bridgehead atoms. The molecule has 0 saturated heterocycles. The summed E-state index contributed by atoms with van der Waals surface area (Å²) in [4.78, 5) is -0.155. The maximum absolute atomic E-state index is 13.2. The third-order valence-corrected chi connectivity index (χ3v) is 4.84. The monoisotopic (exact) mass is 293 g/mol. The van der Waals surface area contributed by atoms with E-state index in [0.717, 1.165) is 24.1 Å². The molecule has 20 heavy (non-hydrogen) atoms. The predicted molar refractivity (Wildman–Crippen MR) is 77.5 cm³/mol. The van der Waals surface area contributed by atoms with E-state index in [0.29, 0.717) is 5.56 Å². The van der Waals surface area contributed by atoms with E-state index in [4.69, 9.17) is 5.73 Å². The second kappa shape index (κ2) is 5.63. The van der Waals surface area contributed by atoms with Gasteiger partial charge in [0.15, 0.2) is 9.84 Å². The lowest BCUT2D eigenvalue weighted by atomic mass is 10.1. The lowest BCUT2D eigenvalue weighted by molar-refractivity contribution is 0.590. The van der Waals surface area contributed by atoms with Gasteiger partial charge in [-0.15, -0.1) is 0 Å². The first-order valence-electron chi connectivity index (χ1n) is 6.28. The highest BCUT2D eigenvalue weighted by molar-refractivity contribution is 7.90. The number of anilines is 1. The number of aryl methyl sites for hydroxylation is 1. The van der Waals surface area contributed by atoms with Gasteiger partial charge in [-0.3, -0.25) is 0 Å². The summed E-state index contributed by atoms with van der Waals surface area (Å²) < 4.78 is 37.8. The average molecular weight is 293 g/mol. The maximum atomic E-state index is 13.2. The number of sulfone groups is 1. The second-order valence-corrected chi connectivity index (χ2v) is 6.57. The van der Waals surface area contributed by atoms with Crippen molar-refractivity contribution in [2.24, 2.45) is 0 Å². The molecule has 3 nitrogen and oxygen atoms in total. The number of nitrogen functional groups attached to an aromatic ring is 1. The normalized spacial score (nSPS) is 11.5. The van der Waals surface area contributed by atoms with Crippen molar-refractivity contribution in [1.82, 2.24) is 0 Å². The van der Waals surface area contributed by atoms with E-state index in [9.17, 15) is 12.8 Å². The van der Waals surface area contributed by atoms with Crippen LogP contribution in [0.4, 0.5) is 10.1 Å². The molecule has 0 fully saturated rings. The van der Waals surface area contributed by atoms with Crippen LogP contribution >= 0.6 is 0 Å². The van der Waals surface area contributed by atoms with Crippen LogP contribution < -0.4 is 5.73 Å². The van der Waals surface area contributed by atoms with Gasteiger partial charge >= 0.3 is 0 Å². The Hall–Kier alpha value is -1.88. The molecule has 0 radical (unpaired) electrons. The minimum atomic E-state index is -3.65. The largest absolute Gasteiger partial charge is 0.398 e. The lowest BCUT2D eigenvalue weighted by Gasteiger charge is -2.08.